The molecule has 0 bridgehead atoms. The molecule has 0 unspecified atom stereocenters. The van der Waals surface area contributed by atoms with Crippen molar-refractivity contribution in [3.8, 4) is 0 Å². The minimum Gasteiger partial charge on any atom is -0.336 e. The number of aryl methyl sites for hydroxylation is 1. The van der Waals surface area contributed by atoms with Gasteiger partial charge in [0.25, 0.3) is 5.91 Å². The molecule has 1 aromatic heterocycles. The van der Waals surface area contributed by atoms with Crippen molar-refractivity contribution in [2.75, 3.05) is 38.0 Å². The first-order chi connectivity index (χ1) is 12.9. The lowest BCUT2D eigenvalue weighted by Gasteiger charge is -2.34. The summed E-state index contributed by atoms with van der Waals surface area (Å²) >= 11 is 0. The average Bonchev–Trinajstić information content (AvgIpc) is 2.66. The number of amides is 2. The van der Waals surface area contributed by atoms with Gasteiger partial charge < -0.3 is 15.1 Å². The molecule has 0 spiro atoms. The van der Waals surface area contributed by atoms with E-state index in [-0.39, 0.29) is 17.7 Å². The molecule has 1 aromatic carbocycles. The highest BCUT2D eigenvalue weighted by atomic mass is 16.2. The zero-order chi connectivity index (χ0) is 19.6. The molecular formula is C21H28N4O2. The first-order valence-corrected chi connectivity index (χ1v) is 9.63. The van der Waals surface area contributed by atoms with Gasteiger partial charge in [0.2, 0.25) is 5.91 Å². The summed E-state index contributed by atoms with van der Waals surface area (Å²) in [7, 11) is 0. The number of benzene rings is 1. The molecule has 1 N–H and O–H groups in total. The second-order valence-electron chi connectivity index (χ2n) is 7.41. The Bertz CT molecular complexity index is 855. The molecule has 0 atom stereocenters. The Morgan fingerprint density at radius 2 is 1.85 bits per heavy atom. The number of anilines is 1. The molecule has 1 saturated heterocycles. The second kappa shape index (κ2) is 8.05. The highest BCUT2D eigenvalue weighted by Gasteiger charge is 2.24. The number of aromatic nitrogens is 1. The summed E-state index contributed by atoms with van der Waals surface area (Å²) in [6.45, 7) is 12.0. The quantitative estimate of drug-likeness (QED) is 0.901. The molecule has 2 aromatic rings. The smallest absolute Gasteiger partial charge is 0.254 e. The molecule has 27 heavy (non-hydrogen) atoms. The van der Waals surface area contributed by atoms with Crippen LogP contribution in [0.4, 0.5) is 5.69 Å². The van der Waals surface area contributed by atoms with E-state index in [1.807, 2.05) is 43.9 Å². The van der Waals surface area contributed by atoms with Crippen LogP contribution in [0.15, 0.2) is 24.3 Å². The fourth-order valence-corrected chi connectivity index (χ4v) is 3.31. The zero-order valence-electron chi connectivity index (χ0n) is 16.6. The number of nitrogens with one attached hydrogen (secondary N) is 1. The van der Waals surface area contributed by atoms with Crippen LogP contribution in [0.2, 0.25) is 0 Å². The lowest BCUT2D eigenvalue weighted by molar-refractivity contribution is -0.118. The third-order valence-corrected chi connectivity index (χ3v) is 5.08. The van der Waals surface area contributed by atoms with Gasteiger partial charge in [-0.25, -0.2) is 0 Å². The SMILES string of the molecule is CCN1CCN(C(=O)c2cc(NC(=O)C(C)C)cc3nc(C)ccc23)CC1. The van der Waals surface area contributed by atoms with Gasteiger partial charge in [0.15, 0.2) is 0 Å². The van der Waals surface area contributed by atoms with E-state index in [9.17, 15) is 9.59 Å². The maximum absolute atomic E-state index is 13.2. The predicted octanol–water partition coefficient (Wildman–Crippen LogP) is 2.92. The summed E-state index contributed by atoms with van der Waals surface area (Å²) in [5, 5.41) is 3.73. The van der Waals surface area contributed by atoms with E-state index in [0.29, 0.717) is 11.3 Å². The Labute approximate surface area is 160 Å². The number of piperazine rings is 1. The van der Waals surface area contributed by atoms with Gasteiger partial charge in [0.1, 0.15) is 0 Å². The fourth-order valence-electron chi connectivity index (χ4n) is 3.31. The summed E-state index contributed by atoms with van der Waals surface area (Å²) < 4.78 is 0. The first-order valence-electron chi connectivity index (χ1n) is 9.63. The minimum atomic E-state index is -0.132. The molecular weight excluding hydrogens is 340 g/mol. The van der Waals surface area contributed by atoms with Crippen LogP contribution >= 0.6 is 0 Å². The van der Waals surface area contributed by atoms with Gasteiger partial charge in [-0.1, -0.05) is 26.8 Å². The van der Waals surface area contributed by atoms with E-state index in [4.69, 9.17) is 0 Å². The summed E-state index contributed by atoms with van der Waals surface area (Å²) in [6, 6.07) is 7.49. The molecule has 3 rings (SSSR count). The fraction of sp³-hybridized carbons (Fsp3) is 0.476. The molecule has 1 aliphatic rings. The van der Waals surface area contributed by atoms with Crippen molar-refractivity contribution in [1.29, 1.82) is 0 Å². The third kappa shape index (κ3) is 4.27. The molecule has 6 heteroatoms. The van der Waals surface area contributed by atoms with Crippen LogP contribution < -0.4 is 5.32 Å². The van der Waals surface area contributed by atoms with E-state index >= 15 is 0 Å². The van der Waals surface area contributed by atoms with Crippen molar-refractivity contribution in [1.82, 2.24) is 14.8 Å². The standard InChI is InChI=1S/C21H28N4O2/c1-5-24-8-10-25(11-9-24)21(27)18-12-16(23-20(26)14(2)3)13-19-17(18)7-6-15(4)22-19/h6-7,12-14H,5,8-11H2,1-4H3,(H,23,26). The van der Waals surface area contributed by atoms with Crippen molar-refractivity contribution in [3.63, 3.8) is 0 Å². The van der Waals surface area contributed by atoms with Gasteiger partial charge in [0.05, 0.1) is 11.1 Å². The van der Waals surface area contributed by atoms with Gasteiger partial charge in [0, 0.05) is 48.9 Å². The van der Waals surface area contributed by atoms with Crippen LogP contribution in [0, 0.1) is 12.8 Å². The predicted molar refractivity (Wildman–Crippen MR) is 108 cm³/mol. The monoisotopic (exact) mass is 368 g/mol. The molecule has 0 radical (unpaired) electrons. The number of carbonyl (C=O) groups excluding carboxylic acids is 2. The molecule has 144 valence electrons. The molecule has 2 heterocycles. The van der Waals surface area contributed by atoms with Gasteiger partial charge in [-0.05, 0) is 31.7 Å². The molecule has 1 fully saturated rings. The maximum atomic E-state index is 13.2. The van der Waals surface area contributed by atoms with Gasteiger partial charge in [-0.3, -0.25) is 14.6 Å². The number of hydrogen-bond acceptors (Lipinski definition) is 4. The summed E-state index contributed by atoms with van der Waals surface area (Å²) in [5.74, 6) is -0.202. The first kappa shape index (κ1) is 19.3. The van der Waals surface area contributed by atoms with Crippen LogP contribution in [0.3, 0.4) is 0 Å². The second-order valence-corrected chi connectivity index (χ2v) is 7.41. The normalized spacial score (nSPS) is 15.4. The van der Waals surface area contributed by atoms with Crippen molar-refractivity contribution in [2.45, 2.75) is 27.7 Å². The number of hydrogen-bond donors (Lipinski definition) is 1. The highest BCUT2D eigenvalue weighted by Crippen LogP contribution is 2.25. The number of rotatable bonds is 4. The Morgan fingerprint density at radius 3 is 2.48 bits per heavy atom. The van der Waals surface area contributed by atoms with Crippen molar-refractivity contribution in [2.24, 2.45) is 5.92 Å². The lowest BCUT2D eigenvalue weighted by atomic mass is 10.0. The van der Waals surface area contributed by atoms with E-state index in [1.54, 1.807) is 6.07 Å². The maximum Gasteiger partial charge on any atom is 0.254 e. The van der Waals surface area contributed by atoms with Gasteiger partial charge in [-0.15, -0.1) is 0 Å². The molecule has 0 saturated carbocycles. The number of nitrogens with zero attached hydrogens (tertiary/aromatic N) is 3. The number of fused-ring (bicyclic) bond motifs is 1. The third-order valence-electron chi connectivity index (χ3n) is 5.08. The Kier molecular flexibility index (Phi) is 5.75. The Balaban J connectivity index is 1.97. The van der Waals surface area contributed by atoms with Crippen LogP contribution in [0.5, 0.6) is 0 Å². The summed E-state index contributed by atoms with van der Waals surface area (Å²) in [6.07, 6.45) is 0. The zero-order valence-corrected chi connectivity index (χ0v) is 16.6. The van der Waals surface area contributed by atoms with E-state index in [0.717, 1.165) is 49.3 Å². The molecule has 1 aliphatic heterocycles. The number of likely N-dealkylation sites (N-methyl/N-ethyl adjacent to an activating group) is 1. The highest BCUT2D eigenvalue weighted by molar-refractivity contribution is 6.08. The largest absolute Gasteiger partial charge is 0.336 e. The van der Waals surface area contributed by atoms with Crippen molar-refractivity contribution >= 4 is 28.4 Å². The summed E-state index contributed by atoms with van der Waals surface area (Å²) in [4.78, 5) is 34.2. The molecule has 6 nitrogen and oxygen atoms in total. The van der Waals surface area contributed by atoms with Gasteiger partial charge >= 0.3 is 0 Å². The van der Waals surface area contributed by atoms with E-state index in [2.05, 4.69) is 22.1 Å². The van der Waals surface area contributed by atoms with Crippen molar-refractivity contribution in [3.05, 3.63) is 35.5 Å². The van der Waals surface area contributed by atoms with Crippen LogP contribution in [-0.4, -0.2) is 59.3 Å². The number of pyridine rings is 1. The average molecular weight is 368 g/mol. The Hall–Kier alpha value is -2.47. The van der Waals surface area contributed by atoms with Gasteiger partial charge in [-0.2, -0.15) is 0 Å². The van der Waals surface area contributed by atoms with Crippen molar-refractivity contribution < 1.29 is 9.59 Å². The van der Waals surface area contributed by atoms with Crippen LogP contribution in [0.25, 0.3) is 10.9 Å². The van der Waals surface area contributed by atoms with Crippen LogP contribution in [0.1, 0.15) is 36.8 Å². The lowest BCUT2D eigenvalue weighted by Crippen LogP contribution is -2.48. The minimum absolute atomic E-state index is 0.00190. The molecule has 0 aliphatic carbocycles. The number of carbonyl (C=O) groups is 2. The van der Waals surface area contributed by atoms with Crippen LogP contribution in [-0.2, 0) is 4.79 Å². The topological polar surface area (TPSA) is 65.5 Å². The summed E-state index contributed by atoms with van der Waals surface area (Å²) in [5.41, 5.74) is 2.83. The van der Waals surface area contributed by atoms with E-state index in [1.165, 1.54) is 0 Å². The molecule has 2 amide bonds. The van der Waals surface area contributed by atoms with E-state index < -0.39 is 0 Å². The Morgan fingerprint density at radius 1 is 1.15 bits per heavy atom.